The largest absolute Gasteiger partial charge is 0.395 e. The Bertz CT molecular complexity index is 417. The smallest absolute Gasteiger partial charge is 0.0582 e. The second kappa shape index (κ2) is 13.3. The van der Waals surface area contributed by atoms with Crippen LogP contribution in [0.15, 0.2) is 65.9 Å². The minimum absolute atomic E-state index is 0.0434. The summed E-state index contributed by atoms with van der Waals surface area (Å²) in [5.41, 5.74) is 8.00. The number of aliphatic imine (C=N–C) groups is 1. The van der Waals surface area contributed by atoms with Crippen molar-refractivity contribution in [2.75, 3.05) is 6.61 Å². The summed E-state index contributed by atoms with van der Waals surface area (Å²) in [6.07, 6.45) is 16.6. The zero-order valence-electron chi connectivity index (χ0n) is 13.0. The molecule has 0 fully saturated rings. The third-order valence-electron chi connectivity index (χ3n) is 3.01. The van der Waals surface area contributed by atoms with Gasteiger partial charge in [-0.05, 0) is 42.9 Å². The van der Waals surface area contributed by atoms with Crippen molar-refractivity contribution in [1.82, 2.24) is 0 Å². The van der Waals surface area contributed by atoms with E-state index in [2.05, 4.69) is 37.2 Å². The molecule has 0 aliphatic rings. The number of rotatable bonds is 11. The van der Waals surface area contributed by atoms with Crippen LogP contribution in [0.4, 0.5) is 0 Å². The lowest BCUT2D eigenvalue weighted by Crippen LogP contribution is -2.23. The summed E-state index contributed by atoms with van der Waals surface area (Å²) < 4.78 is 0. The van der Waals surface area contributed by atoms with Crippen LogP contribution in [-0.4, -0.2) is 24.0 Å². The van der Waals surface area contributed by atoms with Gasteiger partial charge in [-0.25, -0.2) is 0 Å². The molecule has 3 N–H and O–H groups in total. The summed E-state index contributed by atoms with van der Waals surface area (Å²) in [5, 5.41) is 8.89. The first kappa shape index (κ1) is 19.3. The van der Waals surface area contributed by atoms with Crippen molar-refractivity contribution in [3.05, 3.63) is 60.9 Å². The Hall–Kier alpha value is -1.71. The van der Waals surface area contributed by atoms with Gasteiger partial charge in [-0.2, -0.15) is 0 Å². The summed E-state index contributed by atoms with van der Waals surface area (Å²) in [6, 6.07) is -0.124. The molecule has 0 aromatic rings. The van der Waals surface area contributed by atoms with E-state index in [1.807, 2.05) is 12.3 Å². The molecule has 0 aromatic carbocycles. The van der Waals surface area contributed by atoms with Crippen molar-refractivity contribution >= 4 is 6.21 Å². The SMILES string of the molecule is C=C\C=C/N=C/C(=C/C=C(\C=C)CCCC(N)CO)CC. The van der Waals surface area contributed by atoms with Gasteiger partial charge in [-0.1, -0.05) is 44.4 Å². The first-order valence-electron chi connectivity index (χ1n) is 7.37. The van der Waals surface area contributed by atoms with Gasteiger partial charge < -0.3 is 10.8 Å². The molecule has 0 amide bonds. The van der Waals surface area contributed by atoms with Crippen molar-refractivity contribution in [3.8, 4) is 0 Å². The van der Waals surface area contributed by atoms with Crippen molar-refractivity contribution in [1.29, 1.82) is 0 Å². The van der Waals surface area contributed by atoms with Crippen LogP contribution in [0.2, 0.25) is 0 Å². The van der Waals surface area contributed by atoms with Crippen LogP contribution in [0, 0.1) is 0 Å². The van der Waals surface area contributed by atoms with Gasteiger partial charge >= 0.3 is 0 Å². The van der Waals surface area contributed by atoms with E-state index in [0.29, 0.717) is 0 Å². The molecule has 3 heteroatoms. The zero-order valence-corrected chi connectivity index (χ0v) is 13.0. The Labute approximate surface area is 129 Å². The maximum atomic E-state index is 8.89. The van der Waals surface area contributed by atoms with Crippen LogP contribution in [-0.2, 0) is 0 Å². The summed E-state index contributed by atoms with van der Waals surface area (Å²) in [5.74, 6) is 0. The van der Waals surface area contributed by atoms with E-state index in [-0.39, 0.29) is 12.6 Å². The van der Waals surface area contributed by atoms with Gasteiger partial charge in [-0.3, -0.25) is 4.99 Å². The highest BCUT2D eigenvalue weighted by molar-refractivity contribution is 5.79. The molecule has 0 radical (unpaired) electrons. The minimum Gasteiger partial charge on any atom is -0.395 e. The molecule has 0 heterocycles. The first-order chi connectivity index (χ1) is 10.2. The van der Waals surface area contributed by atoms with Crippen molar-refractivity contribution in [2.24, 2.45) is 10.7 Å². The average molecular weight is 288 g/mol. The predicted molar refractivity (Wildman–Crippen MR) is 93.4 cm³/mol. The van der Waals surface area contributed by atoms with Crippen LogP contribution in [0.5, 0.6) is 0 Å². The Kier molecular flexibility index (Phi) is 12.2. The van der Waals surface area contributed by atoms with Gasteiger partial charge in [0.25, 0.3) is 0 Å². The molecule has 116 valence electrons. The first-order valence-corrected chi connectivity index (χ1v) is 7.37. The molecular formula is C18H28N2O. The van der Waals surface area contributed by atoms with E-state index in [4.69, 9.17) is 10.8 Å². The number of allylic oxidation sites excluding steroid dienone is 7. The van der Waals surface area contributed by atoms with E-state index >= 15 is 0 Å². The van der Waals surface area contributed by atoms with Gasteiger partial charge in [0.1, 0.15) is 0 Å². The molecule has 0 aliphatic carbocycles. The fraction of sp³-hybridized carbons (Fsp3) is 0.389. The minimum atomic E-state index is -0.124. The number of aliphatic hydroxyl groups excluding tert-OH is 1. The molecular weight excluding hydrogens is 260 g/mol. The molecule has 0 aliphatic heterocycles. The fourth-order valence-corrected chi connectivity index (χ4v) is 1.63. The van der Waals surface area contributed by atoms with Crippen molar-refractivity contribution in [3.63, 3.8) is 0 Å². The highest BCUT2D eigenvalue weighted by Gasteiger charge is 2.00. The van der Waals surface area contributed by atoms with Crippen LogP contribution < -0.4 is 5.73 Å². The monoisotopic (exact) mass is 288 g/mol. The Morgan fingerprint density at radius 2 is 2.00 bits per heavy atom. The summed E-state index contributed by atoms with van der Waals surface area (Å²) in [7, 11) is 0. The third kappa shape index (κ3) is 10.7. The second-order valence-corrected chi connectivity index (χ2v) is 4.73. The van der Waals surface area contributed by atoms with E-state index in [1.54, 1.807) is 18.4 Å². The fourth-order valence-electron chi connectivity index (χ4n) is 1.63. The lowest BCUT2D eigenvalue weighted by atomic mass is 10.0. The molecule has 1 unspecified atom stereocenters. The summed E-state index contributed by atoms with van der Waals surface area (Å²) in [6.45, 7) is 9.57. The zero-order chi connectivity index (χ0) is 15.9. The van der Waals surface area contributed by atoms with Gasteiger partial charge in [0.05, 0.1) is 6.61 Å². The van der Waals surface area contributed by atoms with E-state index in [9.17, 15) is 0 Å². The average Bonchev–Trinajstić information content (AvgIpc) is 2.51. The van der Waals surface area contributed by atoms with Crippen LogP contribution in [0.1, 0.15) is 32.6 Å². The summed E-state index contributed by atoms with van der Waals surface area (Å²) in [4.78, 5) is 4.19. The predicted octanol–water partition coefficient (Wildman–Crippen LogP) is 3.70. The quantitative estimate of drug-likeness (QED) is 0.450. The van der Waals surface area contributed by atoms with Gasteiger partial charge in [-0.15, -0.1) is 0 Å². The molecule has 21 heavy (non-hydrogen) atoms. The molecule has 3 nitrogen and oxygen atoms in total. The van der Waals surface area contributed by atoms with Crippen LogP contribution in [0.25, 0.3) is 0 Å². The standard InChI is InChI=1S/C18H28N2O/c1-4-7-13-20-14-17(6-3)12-11-16(5-2)9-8-10-18(19)15-21/h4-5,7,11-14,18,21H,1-2,6,8-10,15,19H2,3H3/b13-7-,16-11+,17-12+,20-14+. The van der Waals surface area contributed by atoms with Crippen LogP contribution in [0.3, 0.4) is 0 Å². The van der Waals surface area contributed by atoms with Crippen molar-refractivity contribution in [2.45, 2.75) is 38.6 Å². The molecule has 0 bridgehead atoms. The van der Waals surface area contributed by atoms with Gasteiger partial charge in [0.2, 0.25) is 0 Å². The molecule has 0 spiro atoms. The number of hydrogen-bond donors (Lipinski definition) is 2. The van der Waals surface area contributed by atoms with Crippen molar-refractivity contribution < 1.29 is 5.11 Å². The van der Waals surface area contributed by atoms with Crippen LogP contribution >= 0.6 is 0 Å². The molecule has 0 saturated heterocycles. The van der Waals surface area contributed by atoms with E-state index in [0.717, 1.165) is 31.3 Å². The number of nitrogens with zero attached hydrogens (tertiary/aromatic N) is 1. The Morgan fingerprint density at radius 1 is 1.29 bits per heavy atom. The second-order valence-electron chi connectivity index (χ2n) is 4.73. The van der Waals surface area contributed by atoms with E-state index in [1.165, 1.54) is 5.57 Å². The van der Waals surface area contributed by atoms with Gasteiger partial charge in [0.15, 0.2) is 0 Å². The molecule has 1 atom stereocenters. The van der Waals surface area contributed by atoms with E-state index < -0.39 is 0 Å². The Balaban J connectivity index is 4.54. The molecule has 0 saturated carbocycles. The lowest BCUT2D eigenvalue weighted by Gasteiger charge is -2.07. The normalized spacial score (nSPS) is 14.8. The number of aliphatic hydroxyl groups is 1. The highest BCUT2D eigenvalue weighted by atomic mass is 16.3. The molecule has 0 rings (SSSR count). The van der Waals surface area contributed by atoms with Gasteiger partial charge in [0, 0.05) is 18.5 Å². The molecule has 0 aromatic heterocycles. The number of nitrogens with two attached hydrogens (primary N) is 1. The maximum absolute atomic E-state index is 8.89. The third-order valence-corrected chi connectivity index (χ3v) is 3.01. The highest BCUT2D eigenvalue weighted by Crippen LogP contribution is 2.11. The number of hydrogen-bond acceptors (Lipinski definition) is 3. The maximum Gasteiger partial charge on any atom is 0.0582 e. The summed E-state index contributed by atoms with van der Waals surface area (Å²) >= 11 is 0. The lowest BCUT2D eigenvalue weighted by molar-refractivity contribution is 0.258. The Morgan fingerprint density at radius 3 is 2.57 bits per heavy atom. The topological polar surface area (TPSA) is 58.6 Å².